The van der Waals surface area contributed by atoms with Gasteiger partial charge in [0.15, 0.2) is 0 Å². The summed E-state index contributed by atoms with van der Waals surface area (Å²) in [4.78, 5) is 22.1. The Morgan fingerprint density at radius 2 is 1.82 bits per heavy atom. The van der Waals surface area contributed by atoms with Crippen LogP contribution in [0.4, 0.5) is 4.79 Å². The van der Waals surface area contributed by atoms with Crippen molar-refractivity contribution in [2.75, 3.05) is 0 Å². The molecule has 1 aliphatic carbocycles. The maximum Gasteiger partial charge on any atom is 0.315 e. The Balaban J connectivity index is 2.25. The molecule has 1 aliphatic rings. The molecular formula is C12H22N2O3. The molecule has 1 unspecified atom stereocenters. The van der Waals surface area contributed by atoms with Crippen LogP contribution in [0, 0.1) is 0 Å². The number of amides is 2. The fourth-order valence-corrected chi connectivity index (χ4v) is 2.19. The highest BCUT2D eigenvalue weighted by Crippen LogP contribution is 2.16. The minimum absolute atomic E-state index is 0.0436. The first kappa shape index (κ1) is 13.8. The van der Waals surface area contributed by atoms with E-state index >= 15 is 0 Å². The van der Waals surface area contributed by atoms with Gasteiger partial charge in [0.25, 0.3) is 0 Å². The third kappa shape index (κ3) is 6.14. The van der Waals surface area contributed by atoms with E-state index in [4.69, 9.17) is 5.11 Å². The smallest absolute Gasteiger partial charge is 0.315 e. The summed E-state index contributed by atoms with van der Waals surface area (Å²) in [5.74, 6) is -0.896. The van der Waals surface area contributed by atoms with Gasteiger partial charge in [-0.15, -0.1) is 0 Å². The van der Waals surface area contributed by atoms with Crippen LogP contribution in [0.3, 0.4) is 0 Å². The fourth-order valence-electron chi connectivity index (χ4n) is 2.19. The summed E-state index contributed by atoms with van der Waals surface area (Å²) in [5, 5.41) is 14.2. The van der Waals surface area contributed by atoms with Crippen LogP contribution in [0.25, 0.3) is 0 Å². The number of carboxylic acids is 1. The highest BCUT2D eigenvalue weighted by Gasteiger charge is 2.16. The van der Waals surface area contributed by atoms with Crippen molar-refractivity contribution in [1.29, 1.82) is 0 Å². The van der Waals surface area contributed by atoms with E-state index in [1.54, 1.807) is 6.92 Å². The van der Waals surface area contributed by atoms with E-state index in [0.29, 0.717) is 0 Å². The quantitative estimate of drug-likeness (QED) is 0.658. The van der Waals surface area contributed by atoms with Gasteiger partial charge in [-0.3, -0.25) is 4.79 Å². The maximum atomic E-state index is 11.6. The lowest BCUT2D eigenvalue weighted by molar-refractivity contribution is -0.137. The second-order valence-corrected chi connectivity index (χ2v) is 4.81. The summed E-state index contributed by atoms with van der Waals surface area (Å²) in [6.07, 6.45) is 6.83. The van der Waals surface area contributed by atoms with Gasteiger partial charge in [-0.1, -0.05) is 25.7 Å². The summed E-state index contributed by atoms with van der Waals surface area (Å²) >= 11 is 0. The lowest BCUT2D eigenvalue weighted by Crippen LogP contribution is -2.45. The van der Waals surface area contributed by atoms with Gasteiger partial charge in [-0.05, 0) is 19.8 Å². The van der Waals surface area contributed by atoms with Crippen molar-refractivity contribution in [1.82, 2.24) is 10.6 Å². The van der Waals surface area contributed by atoms with E-state index in [0.717, 1.165) is 25.7 Å². The number of aliphatic carboxylic acids is 1. The molecular weight excluding hydrogens is 220 g/mol. The predicted molar refractivity (Wildman–Crippen MR) is 64.9 cm³/mol. The zero-order valence-electron chi connectivity index (χ0n) is 10.4. The van der Waals surface area contributed by atoms with Gasteiger partial charge in [-0.2, -0.15) is 0 Å². The largest absolute Gasteiger partial charge is 0.481 e. The van der Waals surface area contributed by atoms with E-state index in [2.05, 4.69) is 10.6 Å². The van der Waals surface area contributed by atoms with Crippen molar-refractivity contribution in [2.24, 2.45) is 0 Å². The van der Waals surface area contributed by atoms with E-state index in [1.165, 1.54) is 12.8 Å². The molecule has 0 aromatic rings. The van der Waals surface area contributed by atoms with E-state index < -0.39 is 5.97 Å². The van der Waals surface area contributed by atoms with Crippen molar-refractivity contribution >= 4 is 12.0 Å². The average Bonchev–Trinajstić information content (AvgIpc) is 2.44. The lowest BCUT2D eigenvalue weighted by Gasteiger charge is -2.18. The van der Waals surface area contributed by atoms with E-state index in [9.17, 15) is 9.59 Å². The molecule has 2 amide bonds. The lowest BCUT2D eigenvalue weighted by atomic mass is 10.1. The molecule has 0 bridgehead atoms. The number of carbonyl (C=O) groups excluding carboxylic acids is 1. The molecule has 17 heavy (non-hydrogen) atoms. The Hall–Kier alpha value is -1.26. The van der Waals surface area contributed by atoms with Crippen LogP contribution in [0.1, 0.15) is 51.9 Å². The number of hydrogen-bond acceptors (Lipinski definition) is 2. The molecule has 1 rings (SSSR count). The summed E-state index contributed by atoms with van der Waals surface area (Å²) in [6, 6.07) is -0.335. The summed E-state index contributed by atoms with van der Waals surface area (Å²) in [5.41, 5.74) is 0. The predicted octanol–water partition coefficient (Wildman–Crippen LogP) is 1.87. The second-order valence-electron chi connectivity index (χ2n) is 4.81. The molecule has 0 aliphatic heterocycles. The fraction of sp³-hybridized carbons (Fsp3) is 0.833. The summed E-state index contributed by atoms with van der Waals surface area (Å²) in [6.45, 7) is 1.70. The Kier molecular flexibility index (Phi) is 5.80. The van der Waals surface area contributed by atoms with Gasteiger partial charge in [-0.25, -0.2) is 4.79 Å². The standard InChI is InChI=1S/C12H22N2O3/c1-9(8-11(15)16)13-12(17)14-10-6-4-2-3-5-7-10/h9-10H,2-8H2,1H3,(H,15,16)(H2,13,14,17). The van der Waals surface area contributed by atoms with Crippen LogP contribution in [-0.2, 0) is 4.79 Å². The molecule has 1 saturated carbocycles. The van der Waals surface area contributed by atoms with Crippen LogP contribution >= 0.6 is 0 Å². The second kappa shape index (κ2) is 7.14. The van der Waals surface area contributed by atoms with E-state index in [-0.39, 0.29) is 24.5 Å². The van der Waals surface area contributed by atoms with Gasteiger partial charge in [0, 0.05) is 12.1 Å². The zero-order valence-corrected chi connectivity index (χ0v) is 10.4. The van der Waals surface area contributed by atoms with Crippen molar-refractivity contribution in [3.63, 3.8) is 0 Å². The normalized spacial score (nSPS) is 19.1. The molecule has 3 N–H and O–H groups in total. The zero-order chi connectivity index (χ0) is 12.7. The first-order chi connectivity index (χ1) is 8.08. The monoisotopic (exact) mass is 242 g/mol. The van der Waals surface area contributed by atoms with Gasteiger partial charge in [0.05, 0.1) is 6.42 Å². The van der Waals surface area contributed by atoms with Gasteiger partial charge in [0.2, 0.25) is 0 Å². The number of nitrogens with one attached hydrogen (secondary N) is 2. The van der Waals surface area contributed by atoms with Gasteiger partial charge < -0.3 is 15.7 Å². The van der Waals surface area contributed by atoms with E-state index in [1.807, 2.05) is 0 Å². The average molecular weight is 242 g/mol. The number of hydrogen-bond donors (Lipinski definition) is 3. The molecule has 5 heteroatoms. The molecule has 5 nitrogen and oxygen atoms in total. The highest BCUT2D eigenvalue weighted by molar-refractivity contribution is 5.75. The van der Waals surface area contributed by atoms with Crippen molar-refractivity contribution in [2.45, 2.75) is 64.0 Å². The van der Waals surface area contributed by atoms with Crippen LogP contribution in [0.2, 0.25) is 0 Å². The molecule has 0 aromatic carbocycles. The van der Waals surface area contributed by atoms with Crippen LogP contribution < -0.4 is 10.6 Å². The topological polar surface area (TPSA) is 78.4 Å². The Labute approximate surface area is 102 Å². The number of urea groups is 1. The third-order valence-corrected chi connectivity index (χ3v) is 3.05. The maximum absolute atomic E-state index is 11.6. The first-order valence-electron chi connectivity index (χ1n) is 6.36. The Morgan fingerprint density at radius 3 is 2.35 bits per heavy atom. The van der Waals surface area contributed by atoms with Crippen LogP contribution in [0.15, 0.2) is 0 Å². The molecule has 98 valence electrons. The number of carbonyl (C=O) groups is 2. The molecule has 0 radical (unpaired) electrons. The molecule has 1 fully saturated rings. The SMILES string of the molecule is CC(CC(=O)O)NC(=O)NC1CCCCCC1. The minimum atomic E-state index is -0.896. The van der Waals surface area contributed by atoms with Crippen LogP contribution in [0.5, 0.6) is 0 Å². The molecule has 0 saturated heterocycles. The highest BCUT2D eigenvalue weighted by atomic mass is 16.4. The van der Waals surface area contributed by atoms with Crippen molar-refractivity contribution < 1.29 is 14.7 Å². The Bertz CT molecular complexity index is 260. The van der Waals surface area contributed by atoms with Crippen molar-refractivity contribution in [3.8, 4) is 0 Å². The van der Waals surface area contributed by atoms with Crippen LogP contribution in [-0.4, -0.2) is 29.2 Å². The molecule has 0 heterocycles. The summed E-state index contributed by atoms with van der Waals surface area (Å²) in [7, 11) is 0. The minimum Gasteiger partial charge on any atom is -0.481 e. The molecule has 1 atom stereocenters. The Morgan fingerprint density at radius 1 is 1.24 bits per heavy atom. The summed E-state index contributed by atoms with van der Waals surface area (Å²) < 4.78 is 0. The van der Waals surface area contributed by atoms with Gasteiger partial charge >= 0.3 is 12.0 Å². The number of carboxylic acid groups (broad SMARTS) is 1. The third-order valence-electron chi connectivity index (χ3n) is 3.05. The first-order valence-corrected chi connectivity index (χ1v) is 6.36. The molecule has 0 aromatic heterocycles. The number of rotatable bonds is 4. The van der Waals surface area contributed by atoms with Gasteiger partial charge in [0.1, 0.15) is 0 Å². The molecule has 0 spiro atoms. The van der Waals surface area contributed by atoms with Crippen molar-refractivity contribution in [3.05, 3.63) is 0 Å².